The van der Waals surface area contributed by atoms with Crippen LogP contribution in [0.3, 0.4) is 0 Å². The summed E-state index contributed by atoms with van der Waals surface area (Å²) in [5, 5.41) is 24.0. The zero-order valence-electron chi connectivity index (χ0n) is 15.4. The molecule has 0 saturated heterocycles. The van der Waals surface area contributed by atoms with Crippen molar-refractivity contribution in [2.45, 2.75) is 23.9 Å². The van der Waals surface area contributed by atoms with Crippen LogP contribution < -0.4 is 10.2 Å². The van der Waals surface area contributed by atoms with Gasteiger partial charge in [0.25, 0.3) is 0 Å². The molecule has 0 fully saturated rings. The molecular weight excluding hydrogens is 348 g/mol. The number of nitrogens with one attached hydrogen (secondary N) is 1. The maximum absolute atomic E-state index is 10.2. The van der Waals surface area contributed by atoms with Gasteiger partial charge in [0.2, 0.25) is 0 Å². The van der Waals surface area contributed by atoms with Crippen LogP contribution in [0, 0.1) is 0 Å². The van der Waals surface area contributed by atoms with Gasteiger partial charge < -0.3 is 20.4 Å². The number of para-hydroxylation sites is 1. The molecule has 4 nitrogen and oxygen atoms in total. The monoisotopic (exact) mass is 370 g/mol. The predicted octanol–water partition coefficient (Wildman–Crippen LogP) is 4.29. The lowest BCUT2D eigenvalue weighted by Gasteiger charge is -2.50. The van der Waals surface area contributed by atoms with Gasteiger partial charge in [-0.1, -0.05) is 48.5 Å². The molecule has 0 bridgehead atoms. The van der Waals surface area contributed by atoms with Crippen LogP contribution in [0.15, 0.2) is 66.7 Å². The molecule has 4 heteroatoms. The van der Waals surface area contributed by atoms with E-state index in [0.29, 0.717) is 0 Å². The molecule has 3 aliphatic rings. The van der Waals surface area contributed by atoms with Gasteiger partial charge in [-0.15, -0.1) is 0 Å². The first kappa shape index (κ1) is 16.0. The van der Waals surface area contributed by atoms with Crippen molar-refractivity contribution in [1.82, 2.24) is 0 Å². The number of phenols is 1. The van der Waals surface area contributed by atoms with Crippen LogP contribution in [0.25, 0.3) is 0 Å². The number of aliphatic hydroxyl groups is 1. The van der Waals surface area contributed by atoms with Crippen LogP contribution in [0.1, 0.15) is 46.2 Å². The van der Waals surface area contributed by atoms with Crippen molar-refractivity contribution in [3.05, 3.63) is 89.0 Å². The van der Waals surface area contributed by atoms with Crippen molar-refractivity contribution in [3.63, 3.8) is 0 Å². The number of aliphatic hydroxyl groups excluding tert-OH is 1. The Labute approximate surface area is 164 Å². The van der Waals surface area contributed by atoms with Crippen molar-refractivity contribution in [3.8, 4) is 5.75 Å². The van der Waals surface area contributed by atoms with Gasteiger partial charge in [0, 0.05) is 35.8 Å². The van der Waals surface area contributed by atoms with Gasteiger partial charge in [0.15, 0.2) is 0 Å². The smallest absolute Gasteiger partial charge is 0.117 e. The molecule has 0 spiro atoms. The summed E-state index contributed by atoms with van der Waals surface area (Å²) in [4.78, 5) is 2.41. The molecule has 4 atom stereocenters. The van der Waals surface area contributed by atoms with E-state index >= 15 is 0 Å². The Morgan fingerprint density at radius 3 is 2.46 bits per heavy atom. The molecule has 3 N–H and O–H groups in total. The maximum Gasteiger partial charge on any atom is 0.117 e. The summed E-state index contributed by atoms with van der Waals surface area (Å²) in [6.07, 6.45) is 0. The number of nitrogens with zero attached hydrogens (tertiary/aromatic N) is 1. The Balaban J connectivity index is 1.63. The number of rotatable bonds is 1. The van der Waals surface area contributed by atoms with E-state index in [1.165, 1.54) is 27.9 Å². The fourth-order valence-corrected chi connectivity index (χ4v) is 5.58. The Morgan fingerprint density at radius 2 is 1.64 bits per heavy atom. The van der Waals surface area contributed by atoms with Gasteiger partial charge in [0.1, 0.15) is 5.75 Å². The molecule has 3 heterocycles. The minimum absolute atomic E-state index is 0.0730. The Hall–Kier alpha value is -2.98. The normalized spacial score (nSPS) is 26.4. The van der Waals surface area contributed by atoms with E-state index < -0.39 is 0 Å². The molecule has 28 heavy (non-hydrogen) atoms. The van der Waals surface area contributed by atoms with Crippen molar-refractivity contribution < 1.29 is 10.2 Å². The van der Waals surface area contributed by atoms with Crippen molar-refractivity contribution in [1.29, 1.82) is 0 Å². The summed E-state index contributed by atoms with van der Waals surface area (Å²) in [5.74, 6) is 0.642. The predicted molar refractivity (Wildman–Crippen MR) is 110 cm³/mol. The largest absolute Gasteiger partial charge is 0.508 e. The van der Waals surface area contributed by atoms with Crippen LogP contribution in [0.2, 0.25) is 0 Å². The van der Waals surface area contributed by atoms with E-state index in [1.54, 1.807) is 6.07 Å². The lowest BCUT2D eigenvalue weighted by molar-refractivity contribution is 0.253. The first-order valence-electron chi connectivity index (χ1n) is 9.91. The standard InChI is InChI=1S/C24H22N2O2/c27-13-14-12-26-21-11-15(28)9-10-19(21)23-22(18-7-3-4-8-20(18)25-23)24(26)17-6-2-1-5-16(14)17/h1-11,14,22-25,27-28H,12-13H2/t14-,22+,23+,24+/m1/s1. The van der Waals surface area contributed by atoms with Gasteiger partial charge in [-0.3, -0.25) is 0 Å². The number of fused-ring (bicyclic) bond motifs is 10. The van der Waals surface area contributed by atoms with Crippen molar-refractivity contribution >= 4 is 11.4 Å². The zero-order chi connectivity index (χ0) is 18.8. The number of hydrogen-bond donors (Lipinski definition) is 3. The average molecular weight is 370 g/mol. The number of aromatic hydroxyl groups is 1. The molecule has 6 rings (SSSR count). The number of anilines is 2. The third-order valence-electron chi connectivity index (χ3n) is 6.72. The highest BCUT2D eigenvalue weighted by Gasteiger charge is 2.49. The van der Waals surface area contributed by atoms with Gasteiger partial charge in [0.05, 0.1) is 18.7 Å². The maximum atomic E-state index is 10.2. The SMILES string of the molecule is OC[C@H]1CN2c3cc(O)ccc3[C@@H]3Nc4ccccc4[C@@H]3[C@@H]2c2ccccc21. The molecule has 3 aromatic rings. The highest BCUT2D eigenvalue weighted by atomic mass is 16.3. The molecule has 0 unspecified atom stereocenters. The van der Waals surface area contributed by atoms with Gasteiger partial charge in [-0.25, -0.2) is 0 Å². The minimum atomic E-state index is 0.0730. The molecule has 0 amide bonds. The fraction of sp³-hybridized carbons (Fsp3) is 0.250. The topological polar surface area (TPSA) is 55.7 Å². The van der Waals surface area contributed by atoms with E-state index in [1.807, 2.05) is 12.1 Å². The average Bonchev–Trinajstić information content (AvgIpc) is 3.12. The number of hydrogen-bond acceptors (Lipinski definition) is 4. The summed E-state index contributed by atoms with van der Waals surface area (Å²) in [6, 6.07) is 23.2. The quantitative estimate of drug-likeness (QED) is 0.598. The van der Waals surface area contributed by atoms with E-state index in [4.69, 9.17) is 0 Å². The molecule has 0 radical (unpaired) electrons. The molecule has 0 saturated carbocycles. The van der Waals surface area contributed by atoms with Crippen LogP contribution in [0.5, 0.6) is 5.75 Å². The third kappa shape index (κ3) is 2.04. The molecule has 3 aliphatic heterocycles. The van der Waals surface area contributed by atoms with E-state index in [9.17, 15) is 10.2 Å². The Kier molecular flexibility index (Phi) is 3.29. The van der Waals surface area contributed by atoms with Crippen LogP contribution in [-0.2, 0) is 0 Å². The van der Waals surface area contributed by atoms with Crippen LogP contribution in [0.4, 0.5) is 11.4 Å². The van der Waals surface area contributed by atoms with Crippen LogP contribution >= 0.6 is 0 Å². The summed E-state index contributed by atoms with van der Waals surface area (Å²) < 4.78 is 0. The summed E-state index contributed by atoms with van der Waals surface area (Å²) >= 11 is 0. The Morgan fingerprint density at radius 1 is 0.893 bits per heavy atom. The summed E-state index contributed by atoms with van der Waals surface area (Å²) in [6.45, 7) is 0.872. The summed E-state index contributed by atoms with van der Waals surface area (Å²) in [5.41, 5.74) is 7.36. The second-order valence-electron chi connectivity index (χ2n) is 8.08. The highest BCUT2D eigenvalue weighted by Crippen LogP contribution is 2.60. The summed E-state index contributed by atoms with van der Waals surface area (Å²) in [7, 11) is 0. The lowest BCUT2D eigenvalue weighted by atomic mass is 9.72. The second-order valence-corrected chi connectivity index (χ2v) is 8.08. The second kappa shape index (κ2) is 5.76. The third-order valence-corrected chi connectivity index (χ3v) is 6.72. The number of benzene rings is 3. The van der Waals surface area contributed by atoms with Crippen LogP contribution in [-0.4, -0.2) is 23.4 Å². The van der Waals surface area contributed by atoms with Gasteiger partial charge in [-0.05, 0) is 34.4 Å². The number of phenolic OH excluding ortho intramolecular Hbond substituents is 1. The van der Waals surface area contributed by atoms with E-state index in [0.717, 1.165) is 12.2 Å². The van der Waals surface area contributed by atoms with E-state index in [2.05, 4.69) is 58.7 Å². The fourth-order valence-electron chi connectivity index (χ4n) is 5.58. The molecular formula is C24H22N2O2. The van der Waals surface area contributed by atoms with Gasteiger partial charge in [-0.2, -0.15) is 0 Å². The van der Waals surface area contributed by atoms with E-state index in [-0.39, 0.29) is 36.3 Å². The van der Waals surface area contributed by atoms with Crippen molar-refractivity contribution in [2.75, 3.05) is 23.4 Å². The minimum Gasteiger partial charge on any atom is -0.508 e. The van der Waals surface area contributed by atoms with Crippen molar-refractivity contribution in [2.24, 2.45) is 0 Å². The highest BCUT2D eigenvalue weighted by molar-refractivity contribution is 5.72. The molecule has 140 valence electrons. The first-order valence-corrected chi connectivity index (χ1v) is 9.91. The first-order chi connectivity index (χ1) is 13.8. The lowest BCUT2D eigenvalue weighted by Crippen LogP contribution is -2.46. The zero-order valence-corrected chi connectivity index (χ0v) is 15.4. The molecule has 0 aliphatic carbocycles. The van der Waals surface area contributed by atoms with Gasteiger partial charge >= 0.3 is 0 Å². The molecule has 0 aromatic heterocycles. The molecule has 3 aromatic carbocycles. The Bertz CT molecular complexity index is 1080.